The average molecular weight is 512 g/mol. The first-order valence-corrected chi connectivity index (χ1v) is 12.7. The van der Waals surface area contributed by atoms with Crippen LogP contribution < -0.4 is 0 Å². The number of rotatable bonds is 7. The molecule has 1 aliphatic carbocycles. The minimum Gasteiger partial charge on any atom is -0.260 e. The fraction of sp³-hybridized carbons (Fsp3) is 0.333. The second kappa shape index (κ2) is 11.1. The standard InChI is InChI=1S/C25H22F3N5S.C2H6/c1-4-34-21-11-18(17-5-7-19(8-6-17)24(15-29)9-10-24)14-31-23(21)33-20(16(2)13-32-33)12-22(30-3)25(26,27)28;1-2/h5-8,11-14H,3-4,9-10H2,1-2H3;1-2H3/b22-12-;. The largest absolute Gasteiger partial charge is 0.433 e. The Hall–Kier alpha value is -3.38. The number of aliphatic imine (C=N–C) groups is 1. The number of thioether (sulfide) groups is 1. The molecule has 1 aromatic carbocycles. The number of alkyl halides is 3. The Kier molecular flexibility index (Phi) is 8.41. The number of halogens is 3. The summed E-state index contributed by atoms with van der Waals surface area (Å²) in [6.45, 7) is 10.7. The van der Waals surface area contributed by atoms with Crippen LogP contribution in [0.15, 0.2) is 58.3 Å². The highest BCUT2D eigenvalue weighted by Crippen LogP contribution is 2.47. The van der Waals surface area contributed by atoms with Crippen LogP contribution in [0.1, 0.15) is 50.4 Å². The molecule has 0 N–H and O–H groups in total. The monoisotopic (exact) mass is 511 g/mol. The number of nitrogens with zero attached hydrogens (tertiary/aromatic N) is 5. The molecule has 0 radical (unpaired) electrons. The molecule has 0 atom stereocenters. The van der Waals surface area contributed by atoms with Gasteiger partial charge in [-0.2, -0.15) is 23.5 Å². The molecule has 5 nitrogen and oxygen atoms in total. The van der Waals surface area contributed by atoms with E-state index >= 15 is 0 Å². The minimum atomic E-state index is -4.63. The van der Waals surface area contributed by atoms with Gasteiger partial charge in [0.2, 0.25) is 0 Å². The highest BCUT2D eigenvalue weighted by Gasteiger charge is 2.44. The SMILES string of the molecule is C=N/C(=C\c1c(C)cnn1-c1ncc(-c2ccc(C3(C#N)CC3)cc2)cc1SCC)C(F)(F)F.CC. The third-order valence-electron chi connectivity index (χ3n) is 5.80. The van der Waals surface area contributed by atoms with Crippen molar-refractivity contribution in [2.45, 2.75) is 57.0 Å². The smallest absolute Gasteiger partial charge is 0.260 e. The summed E-state index contributed by atoms with van der Waals surface area (Å²) in [4.78, 5) is 8.53. The molecule has 0 amide bonds. The number of hydrogen-bond acceptors (Lipinski definition) is 5. The molecule has 1 saturated carbocycles. The molecule has 36 heavy (non-hydrogen) atoms. The summed E-state index contributed by atoms with van der Waals surface area (Å²) >= 11 is 1.53. The predicted molar refractivity (Wildman–Crippen MR) is 139 cm³/mol. The number of pyridine rings is 1. The average Bonchev–Trinajstić information content (AvgIpc) is 3.60. The molecule has 0 aliphatic heterocycles. The second-order valence-corrected chi connectivity index (χ2v) is 9.37. The molecule has 1 fully saturated rings. The molecule has 2 heterocycles. The highest BCUT2D eigenvalue weighted by molar-refractivity contribution is 7.99. The first-order chi connectivity index (χ1) is 17.2. The summed E-state index contributed by atoms with van der Waals surface area (Å²) in [6, 6.07) is 12.3. The van der Waals surface area contributed by atoms with Gasteiger partial charge in [-0.05, 0) is 61.1 Å². The molecular formula is C27H28F3N5S. The van der Waals surface area contributed by atoms with Crippen molar-refractivity contribution in [1.82, 2.24) is 14.8 Å². The molecular weight excluding hydrogens is 483 g/mol. The number of hydrogen-bond donors (Lipinski definition) is 0. The van der Waals surface area contributed by atoms with Crippen molar-refractivity contribution in [3.8, 4) is 23.0 Å². The summed E-state index contributed by atoms with van der Waals surface area (Å²) in [5.41, 5.74) is 2.20. The predicted octanol–water partition coefficient (Wildman–Crippen LogP) is 7.54. The first-order valence-electron chi connectivity index (χ1n) is 11.7. The lowest BCUT2D eigenvalue weighted by Crippen LogP contribution is -2.11. The Morgan fingerprint density at radius 3 is 2.42 bits per heavy atom. The number of allylic oxidation sites excluding steroid dienone is 1. The summed E-state index contributed by atoms with van der Waals surface area (Å²) in [5.74, 6) is 1.19. The zero-order valence-corrected chi connectivity index (χ0v) is 21.5. The molecule has 9 heteroatoms. The minimum absolute atomic E-state index is 0.244. The van der Waals surface area contributed by atoms with Crippen molar-refractivity contribution in [2.24, 2.45) is 4.99 Å². The van der Waals surface area contributed by atoms with E-state index in [0.717, 1.165) is 46.3 Å². The van der Waals surface area contributed by atoms with Crippen molar-refractivity contribution in [1.29, 1.82) is 5.26 Å². The van der Waals surface area contributed by atoms with Crippen LogP contribution in [-0.2, 0) is 5.41 Å². The van der Waals surface area contributed by atoms with Crippen LogP contribution in [0.2, 0.25) is 0 Å². The number of benzene rings is 1. The van der Waals surface area contributed by atoms with Crippen molar-refractivity contribution in [2.75, 3.05) is 5.75 Å². The number of aromatic nitrogens is 3. The zero-order valence-electron chi connectivity index (χ0n) is 20.7. The van der Waals surface area contributed by atoms with E-state index in [1.807, 2.05) is 51.1 Å². The van der Waals surface area contributed by atoms with Crippen molar-refractivity contribution < 1.29 is 13.2 Å². The second-order valence-electron chi connectivity index (χ2n) is 8.06. The number of aryl methyl sites for hydroxylation is 1. The molecule has 1 aliphatic rings. The summed E-state index contributed by atoms with van der Waals surface area (Å²) in [6.07, 6.45) is 1.26. The Labute approximate surface area is 213 Å². The van der Waals surface area contributed by atoms with Crippen molar-refractivity contribution in [3.63, 3.8) is 0 Å². The third-order valence-corrected chi connectivity index (χ3v) is 6.70. The van der Waals surface area contributed by atoms with E-state index in [-0.39, 0.29) is 11.1 Å². The van der Waals surface area contributed by atoms with Crippen LogP contribution in [0.5, 0.6) is 0 Å². The van der Waals surface area contributed by atoms with Gasteiger partial charge in [0.25, 0.3) is 0 Å². The topological polar surface area (TPSA) is 66.9 Å². The van der Waals surface area contributed by atoms with E-state index in [9.17, 15) is 18.4 Å². The fourth-order valence-corrected chi connectivity index (χ4v) is 4.51. The molecule has 188 valence electrons. The summed E-state index contributed by atoms with van der Waals surface area (Å²) < 4.78 is 41.2. The van der Waals surface area contributed by atoms with Gasteiger partial charge in [-0.25, -0.2) is 9.67 Å². The zero-order chi connectivity index (χ0) is 26.5. The lowest BCUT2D eigenvalue weighted by atomic mass is 9.95. The molecule has 0 unspecified atom stereocenters. The normalized spacial score (nSPS) is 14.4. The van der Waals surface area contributed by atoms with Crippen molar-refractivity contribution >= 4 is 24.6 Å². The molecule has 0 saturated heterocycles. The van der Waals surface area contributed by atoms with E-state index in [1.54, 1.807) is 13.1 Å². The van der Waals surface area contributed by atoms with Gasteiger partial charge in [0.05, 0.1) is 28.3 Å². The van der Waals surface area contributed by atoms with Gasteiger partial charge in [-0.3, -0.25) is 4.99 Å². The molecule has 0 spiro atoms. The lowest BCUT2D eigenvalue weighted by molar-refractivity contribution is -0.0912. The van der Waals surface area contributed by atoms with E-state index in [4.69, 9.17) is 0 Å². The highest BCUT2D eigenvalue weighted by atomic mass is 32.2. The van der Waals surface area contributed by atoms with E-state index in [1.165, 1.54) is 22.6 Å². The van der Waals surface area contributed by atoms with E-state index in [2.05, 4.69) is 27.9 Å². The molecule has 2 aromatic heterocycles. The van der Waals surface area contributed by atoms with Crippen LogP contribution in [-0.4, -0.2) is 33.4 Å². The summed E-state index contributed by atoms with van der Waals surface area (Å²) in [7, 11) is 0. The van der Waals surface area contributed by atoms with Crippen LogP contribution in [0, 0.1) is 18.3 Å². The van der Waals surface area contributed by atoms with Gasteiger partial charge in [0.1, 0.15) is 5.70 Å². The fourth-order valence-electron chi connectivity index (χ4n) is 3.72. The van der Waals surface area contributed by atoms with E-state index < -0.39 is 11.9 Å². The molecule has 3 aromatic rings. The van der Waals surface area contributed by atoms with Gasteiger partial charge in [0, 0.05) is 11.8 Å². The Morgan fingerprint density at radius 1 is 1.22 bits per heavy atom. The third kappa shape index (κ3) is 5.54. The maximum atomic E-state index is 13.3. The first kappa shape index (κ1) is 27.2. The Bertz CT molecular complexity index is 1300. The maximum Gasteiger partial charge on any atom is 0.433 e. The Balaban J connectivity index is 0.00000176. The van der Waals surface area contributed by atoms with Crippen molar-refractivity contribution in [3.05, 3.63) is 65.2 Å². The van der Waals surface area contributed by atoms with Crippen LogP contribution in [0.3, 0.4) is 0 Å². The quantitative estimate of drug-likeness (QED) is 0.243. The van der Waals surface area contributed by atoms with Crippen LogP contribution >= 0.6 is 11.8 Å². The lowest BCUT2D eigenvalue weighted by Gasteiger charge is -2.13. The molecule has 0 bridgehead atoms. The van der Waals surface area contributed by atoms with Crippen LogP contribution in [0.25, 0.3) is 23.0 Å². The van der Waals surface area contributed by atoms with Gasteiger partial charge in [-0.1, -0.05) is 45.0 Å². The van der Waals surface area contributed by atoms with Crippen LogP contribution in [0.4, 0.5) is 13.2 Å². The van der Waals surface area contributed by atoms with Gasteiger partial charge in [0.15, 0.2) is 5.82 Å². The number of nitriles is 1. The van der Waals surface area contributed by atoms with Gasteiger partial charge < -0.3 is 0 Å². The Morgan fingerprint density at radius 2 is 1.89 bits per heavy atom. The molecule has 4 rings (SSSR count). The summed E-state index contributed by atoms with van der Waals surface area (Å²) in [5, 5.41) is 13.7. The maximum absolute atomic E-state index is 13.3. The van der Waals surface area contributed by atoms with Gasteiger partial charge in [-0.15, -0.1) is 11.8 Å². The van der Waals surface area contributed by atoms with Gasteiger partial charge >= 0.3 is 6.18 Å². The van der Waals surface area contributed by atoms with E-state index in [0.29, 0.717) is 11.4 Å².